The predicted molar refractivity (Wildman–Crippen MR) is 67.1 cm³/mol. The molecule has 0 fully saturated rings. The van der Waals surface area contributed by atoms with E-state index in [4.69, 9.17) is 5.26 Å². The Hall–Kier alpha value is -2.68. The Kier molecular flexibility index (Phi) is 3.57. The van der Waals surface area contributed by atoms with Crippen LogP contribution in [0.5, 0.6) is 0 Å². The van der Waals surface area contributed by atoms with Crippen LogP contribution in [0.2, 0.25) is 0 Å². The van der Waals surface area contributed by atoms with Gasteiger partial charge in [-0.15, -0.1) is 0 Å². The van der Waals surface area contributed by atoms with Crippen molar-refractivity contribution in [1.82, 2.24) is 9.78 Å². The highest BCUT2D eigenvalue weighted by atomic mass is 19.1. The highest BCUT2D eigenvalue weighted by Gasteiger charge is 2.10. The van der Waals surface area contributed by atoms with Crippen LogP contribution >= 0.6 is 0 Å². The molecule has 96 valence electrons. The molecule has 1 N–H and O–H groups in total. The molecule has 2 aromatic rings. The largest absolute Gasteiger partial charge is 0.323 e. The number of nitrogens with zero attached hydrogens (tertiary/aromatic N) is 3. The van der Waals surface area contributed by atoms with Crippen LogP contribution in [0.3, 0.4) is 0 Å². The fraction of sp³-hybridized carbons (Fsp3) is 0.154. The molecule has 1 heterocycles. The fourth-order valence-corrected chi connectivity index (χ4v) is 1.62. The van der Waals surface area contributed by atoms with Gasteiger partial charge >= 0.3 is 0 Å². The summed E-state index contributed by atoms with van der Waals surface area (Å²) in [6, 6.07) is 5.74. The Morgan fingerprint density at radius 2 is 2.37 bits per heavy atom. The summed E-state index contributed by atoms with van der Waals surface area (Å²) in [6.45, 7) is 1.88. The van der Waals surface area contributed by atoms with Gasteiger partial charge in [-0.1, -0.05) is 0 Å². The van der Waals surface area contributed by atoms with E-state index in [1.54, 1.807) is 18.5 Å². The van der Waals surface area contributed by atoms with Gasteiger partial charge in [0, 0.05) is 6.20 Å². The van der Waals surface area contributed by atoms with E-state index in [1.165, 1.54) is 22.9 Å². The maximum absolute atomic E-state index is 13.3. The van der Waals surface area contributed by atoms with Crippen LogP contribution in [-0.2, 0) is 4.79 Å². The molecule has 1 aromatic carbocycles. The lowest BCUT2D eigenvalue weighted by atomic mass is 10.2. The van der Waals surface area contributed by atoms with Crippen LogP contribution in [0.25, 0.3) is 5.69 Å². The molecule has 0 radical (unpaired) electrons. The summed E-state index contributed by atoms with van der Waals surface area (Å²) in [6.07, 6.45) is 3.13. The number of aromatic nitrogens is 2. The summed E-state index contributed by atoms with van der Waals surface area (Å²) >= 11 is 0. The van der Waals surface area contributed by atoms with Crippen molar-refractivity contribution in [3.05, 3.63) is 42.0 Å². The molecule has 0 spiro atoms. The SMILES string of the molecule is Cc1cnn(-c2ccc(F)cc2NC(=O)CC#N)c1. The van der Waals surface area contributed by atoms with Gasteiger partial charge in [-0.2, -0.15) is 10.4 Å². The van der Waals surface area contributed by atoms with Crippen LogP contribution in [0.15, 0.2) is 30.6 Å². The van der Waals surface area contributed by atoms with Crippen molar-refractivity contribution in [3.63, 3.8) is 0 Å². The highest BCUT2D eigenvalue weighted by Crippen LogP contribution is 2.21. The molecule has 1 aromatic heterocycles. The minimum Gasteiger partial charge on any atom is -0.323 e. The van der Waals surface area contributed by atoms with Crippen molar-refractivity contribution in [2.24, 2.45) is 0 Å². The molecule has 2 rings (SSSR count). The Bertz CT molecular complexity index is 657. The van der Waals surface area contributed by atoms with Gasteiger partial charge in [-0.25, -0.2) is 9.07 Å². The summed E-state index contributed by atoms with van der Waals surface area (Å²) in [5, 5.41) is 15.1. The van der Waals surface area contributed by atoms with Crippen molar-refractivity contribution in [2.75, 3.05) is 5.32 Å². The number of nitrogens with one attached hydrogen (secondary N) is 1. The first-order valence-corrected chi connectivity index (χ1v) is 5.58. The zero-order valence-corrected chi connectivity index (χ0v) is 10.2. The molecule has 0 unspecified atom stereocenters. The Balaban J connectivity index is 2.38. The lowest BCUT2D eigenvalue weighted by Crippen LogP contribution is -2.13. The first kappa shape index (κ1) is 12.8. The van der Waals surface area contributed by atoms with Crippen LogP contribution in [0, 0.1) is 24.1 Å². The minimum absolute atomic E-state index is 0.281. The second-order valence-electron chi connectivity index (χ2n) is 4.01. The number of benzene rings is 1. The van der Waals surface area contributed by atoms with Gasteiger partial charge in [0.25, 0.3) is 0 Å². The van der Waals surface area contributed by atoms with E-state index in [-0.39, 0.29) is 12.1 Å². The molecule has 0 aliphatic carbocycles. The highest BCUT2D eigenvalue weighted by molar-refractivity contribution is 5.94. The standard InChI is InChI=1S/C13H11FN4O/c1-9-7-16-18(8-9)12-3-2-10(14)6-11(12)17-13(19)4-5-15/h2-3,6-8H,4H2,1H3,(H,17,19). The topological polar surface area (TPSA) is 70.7 Å². The normalized spacial score (nSPS) is 9.95. The third-order valence-corrected chi connectivity index (χ3v) is 2.43. The van der Waals surface area contributed by atoms with Crippen molar-refractivity contribution in [1.29, 1.82) is 5.26 Å². The number of amides is 1. The number of hydrogen-bond acceptors (Lipinski definition) is 3. The molecule has 6 heteroatoms. The van der Waals surface area contributed by atoms with E-state index >= 15 is 0 Å². The molecular formula is C13H11FN4O. The summed E-state index contributed by atoms with van der Waals surface area (Å²) in [4.78, 5) is 11.4. The maximum atomic E-state index is 13.3. The van der Waals surface area contributed by atoms with Gasteiger partial charge in [0.1, 0.15) is 12.2 Å². The van der Waals surface area contributed by atoms with E-state index in [0.29, 0.717) is 5.69 Å². The molecule has 0 saturated carbocycles. The molecule has 5 nitrogen and oxygen atoms in total. The van der Waals surface area contributed by atoms with Crippen molar-refractivity contribution in [2.45, 2.75) is 13.3 Å². The number of hydrogen-bond donors (Lipinski definition) is 1. The van der Waals surface area contributed by atoms with E-state index in [1.807, 2.05) is 6.92 Å². The zero-order chi connectivity index (χ0) is 13.8. The Morgan fingerprint density at radius 1 is 1.58 bits per heavy atom. The number of carbonyl (C=O) groups is 1. The third-order valence-electron chi connectivity index (χ3n) is 2.43. The van der Waals surface area contributed by atoms with Gasteiger partial charge in [0.2, 0.25) is 5.91 Å². The molecule has 0 bridgehead atoms. The fourth-order valence-electron chi connectivity index (χ4n) is 1.62. The molecule has 0 aliphatic heterocycles. The van der Waals surface area contributed by atoms with Gasteiger partial charge in [-0.3, -0.25) is 4.79 Å². The molecule has 0 atom stereocenters. The van der Waals surface area contributed by atoms with Crippen molar-refractivity contribution < 1.29 is 9.18 Å². The van der Waals surface area contributed by atoms with Crippen molar-refractivity contribution in [3.8, 4) is 11.8 Å². The van der Waals surface area contributed by atoms with Gasteiger partial charge < -0.3 is 5.32 Å². The lowest BCUT2D eigenvalue weighted by molar-refractivity contribution is -0.115. The second-order valence-corrected chi connectivity index (χ2v) is 4.01. The molecule has 1 amide bonds. The molecule has 19 heavy (non-hydrogen) atoms. The number of nitriles is 1. The van der Waals surface area contributed by atoms with Crippen LogP contribution in [-0.4, -0.2) is 15.7 Å². The van der Waals surface area contributed by atoms with Gasteiger partial charge in [0.15, 0.2) is 0 Å². The number of anilines is 1. The summed E-state index contributed by atoms with van der Waals surface area (Å²) in [5.74, 6) is -0.960. The Morgan fingerprint density at radius 3 is 3.00 bits per heavy atom. The number of rotatable bonds is 3. The van der Waals surface area contributed by atoms with Crippen LogP contribution in [0.1, 0.15) is 12.0 Å². The number of aryl methyl sites for hydroxylation is 1. The first-order valence-electron chi connectivity index (χ1n) is 5.58. The number of carbonyl (C=O) groups excluding carboxylic acids is 1. The second kappa shape index (κ2) is 5.31. The summed E-state index contributed by atoms with van der Waals surface area (Å²) < 4.78 is 14.8. The molecular weight excluding hydrogens is 247 g/mol. The smallest absolute Gasteiger partial charge is 0.238 e. The summed E-state index contributed by atoms with van der Waals surface area (Å²) in [7, 11) is 0. The van der Waals surface area contributed by atoms with Crippen LogP contribution in [0.4, 0.5) is 10.1 Å². The quantitative estimate of drug-likeness (QED) is 0.917. The minimum atomic E-state index is -0.488. The van der Waals surface area contributed by atoms with E-state index in [2.05, 4.69) is 10.4 Å². The Labute approximate surface area is 109 Å². The average Bonchev–Trinajstić information content (AvgIpc) is 2.76. The zero-order valence-electron chi connectivity index (χ0n) is 10.2. The lowest BCUT2D eigenvalue weighted by Gasteiger charge is -2.10. The van der Waals surface area contributed by atoms with Gasteiger partial charge in [-0.05, 0) is 30.7 Å². The monoisotopic (exact) mass is 258 g/mol. The molecule has 0 saturated heterocycles. The maximum Gasteiger partial charge on any atom is 0.238 e. The van der Waals surface area contributed by atoms with Crippen LogP contribution < -0.4 is 5.32 Å². The van der Waals surface area contributed by atoms with E-state index in [0.717, 1.165) is 5.56 Å². The summed E-state index contributed by atoms with van der Waals surface area (Å²) in [5.41, 5.74) is 1.77. The number of halogens is 1. The van der Waals surface area contributed by atoms with Crippen molar-refractivity contribution >= 4 is 11.6 Å². The molecule has 0 aliphatic rings. The van der Waals surface area contributed by atoms with E-state index < -0.39 is 11.7 Å². The predicted octanol–water partition coefficient (Wildman–Crippen LogP) is 2.17. The van der Waals surface area contributed by atoms with Gasteiger partial charge in [0.05, 0.1) is 23.6 Å². The van der Waals surface area contributed by atoms with E-state index in [9.17, 15) is 9.18 Å². The average molecular weight is 258 g/mol. The first-order chi connectivity index (χ1) is 9.10. The third kappa shape index (κ3) is 2.96.